The second kappa shape index (κ2) is 8.68. The van der Waals surface area contributed by atoms with Crippen molar-refractivity contribution in [1.29, 1.82) is 0 Å². The van der Waals surface area contributed by atoms with Crippen molar-refractivity contribution in [2.24, 2.45) is 0 Å². The molecule has 0 radical (unpaired) electrons. The summed E-state index contributed by atoms with van der Waals surface area (Å²) in [4.78, 5) is 0. The fourth-order valence-corrected chi connectivity index (χ4v) is 0.878. The Labute approximate surface area is 88.0 Å². The molecule has 0 saturated carbocycles. The van der Waals surface area contributed by atoms with Crippen molar-refractivity contribution in [3.8, 4) is 0 Å². The van der Waals surface area contributed by atoms with E-state index >= 15 is 0 Å². The monoisotopic (exact) mass is 210 g/mol. The fraction of sp³-hybridized carbons (Fsp3) is 0.273. The molecule has 1 aromatic carbocycles. The molecule has 0 aliphatic rings. The van der Waals surface area contributed by atoms with E-state index in [1.807, 2.05) is 43.0 Å². The maximum absolute atomic E-state index is 4.82. The van der Waals surface area contributed by atoms with Crippen molar-refractivity contribution < 1.29 is 8.85 Å². The van der Waals surface area contributed by atoms with E-state index in [-0.39, 0.29) is 0 Å². The third-order valence-electron chi connectivity index (χ3n) is 1.70. The van der Waals surface area contributed by atoms with Gasteiger partial charge in [0.1, 0.15) is 0 Å². The van der Waals surface area contributed by atoms with Gasteiger partial charge in [-0.1, -0.05) is 43.0 Å². The van der Waals surface area contributed by atoms with Crippen molar-refractivity contribution >= 4 is 15.4 Å². The SMILES string of the molecule is C=Cc1ccccc1.CO[SiH](C)OC. The Morgan fingerprint density at radius 1 is 1.14 bits per heavy atom. The van der Waals surface area contributed by atoms with Gasteiger partial charge in [-0.15, -0.1) is 0 Å². The van der Waals surface area contributed by atoms with Crippen LogP contribution in [0.1, 0.15) is 5.56 Å². The quantitative estimate of drug-likeness (QED) is 0.714. The standard InChI is InChI=1S/C8H8.C3H10O2Si/c1-2-8-6-4-3-5-7-8;1-4-6(3)5-2/h2-7H,1H2;6H,1-3H3. The molecule has 1 rings (SSSR count). The summed E-state index contributed by atoms with van der Waals surface area (Å²) in [5, 5.41) is 0. The Hall–Kier alpha value is -0.903. The first-order chi connectivity index (χ1) is 6.74. The lowest BCUT2D eigenvalue weighted by molar-refractivity contribution is 0.285. The average Bonchev–Trinajstić information content (AvgIpc) is 2.30. The van der Waals surface area contributed by atoms with Gasteiger partial charge in [-0.25, -0.2) is 0 Å². The highest BCUT2D eigenvalue weighted by molar-refractivity contribution is 6.42. The van der Waals surface area contributed by atoms with Crippen molar-refractivity contribution in [1.82, 2.24) is 0 Å². The molecular weight excluding hydrogens is 192 g/mol. The Morgan fingerprint density at radius 2 is 1.64 bits per heavy atom. The Kier molecular flexibility index (Phi) is 8.12. The van der Waals surface area contributed by atoms with Crippen LogP contribution in [0, 0.1) is 0 Å². The fourth-order valence-electron chi connectivity index (χ4n) is 0.685. The van der Waals surface area contributed by atoms with Gasteiger partial charge >= 0.3 is 9.28 Å². The molecule has 1 aromatic rings. The van der Waals surface area contributed by atoms with Crippen LogP contribution in [0.2, 0.25) is 6.55 Å². The molecule has 3 heteroatoms. The van der Waals surface area contributed by atoms with Crippen LogP contribution in [-0.2, 0) is 8.85 Å². The zero-order valence-corrected chi connectivity index (χ0v) is 10.2. The molecule has 0 amide bonds. The van der Waals surface area contributed by atoms with E-state index in [4.69, 9.17) is 8.85 Å². The lowest BCUT2D eigenvalue weighted by Gasteiger charge is -2.00. The Morgan fingerprint density at radius 3 is 1.86 bits per heavy atom. The number of rotatable bonds is 3. The zero-order valence-electron chi connectivity index (χ0n) is 9.07. The number of hydrogen-bond donors (Lipinski definition) is 0. The highest BCUT2D eigenvalue weighted by Gasteiger charge is 1.94. The van der Waals surface area contributed by atoms with Crippen LogP contribution in [-0.4, -0.2) is 23.5 Å². The van der Waals surface area contributed by atoms with Crippen LogP contribution in [0.15, 0.2) is 36.9 Å². The first-order valence-corrected chi connectivity index (χ1v) is 6.57. The lowest BCUT2D eigenvalue weighted by Crippen LogP contribution is -2.12. The van der Waals surface area contributed by atoms with E-state index in [2.05, 4.69) is 6.58 Å². The summed E-state index contributed by atoms with van der Waals surface area (Å²) in [6.45, 7) is 5.60. The van der Waals surface area contributed by atoms with Crippen LogP contribution in [0.5, 0.6) is 0 Å². The third-order valence-corrected chi connectivity index (χ3v) is 3.03. The van der Waals surface area contributed by atoms with E-state index in [0.717, 1.165) is 0 Å². The first-order valence-electron chi connectivity index (χ1n) is 4.47. The van der Waals surface area contributed by atoms with Gasteiger partial charge in [0.15, 0.2) is 0 Å². The Bertz CT molecular complexity index is 232. The van der Waals surface area contributed by atoms with Crippen molar-refractivity contribution in [2.45, 2.75) is 6.55 Å². The summed E-state index contributed by atoms with van der Waals surface area (Å²) in [6.07, 6.45) is 1.83. The van der Waals surface area contributed by atoms with Gasteiger partial charge in [-0.2, -0.15) is 0 Å². The summed E-state index contributed by atoms with van der Waals surface area (Å²) in [5.41, 5.74) is 1.17. The van der Waals surface area contributed by atoms with Crippen LogP contribution >= 0.6 is 0 Å². The van der Waals surface area contributed by atoms with Gasteiger partial charge in [0, 0.05) is 14.2 Å². The molecule has 0 N–H and O–H groups in total. The van der Waals surface area contributed by atoms with Crippen LogP contribution in [0.25, 0.3) is 6.08 Å². The topological polar surface area (TPSA) is 18.5 Å². The van der Waals surface area contributed by atoms with Gasteiger partial charge in [0.25, 0.3) is 0 Å². The third kappa shape index (κ3) is 6.60. The van der Waals surface area contributed by atoms with Gasteiger partial charge in [0.05, 0.1) is 0 Å². The highest BCUT2D eigenvalue weighted by Crippen LogP contribution is 1.97. The molecule has 0 aliphatic heterocycles. The van der Waals surface area contributed by atoms with E-state index in [0.29, 0.717) is 0 Å². The molecule has 0 fully saturated rings. The van der Waals surface area contributed by atoms with E-state index in [1.165, 1.54) is 5.56 Å². The predicted molar refractivity (Wildman–Crippen MR) is 63.6 cm³/mol. The van der Waals surface area contributed by atoms with E-state index in [9.17, 15) is 0 Å². The summed E-state index contributed by atoms with van der Waals surface area (Å²) in [6, 6.07) is 10.0. The van der Waals surface area contributed by atoms with Crippen molar-refractivity contribution in [3.05, 3.63) is 42.5 Å². The molecule has 0 heterocycles. The molecule has 0 aliphatic carbocycles. The number of hydrogen-bond acceptors (Lipinski definition) is 2. The van der Waals surface area contributed by atoms with Gasteiger partial charge < -0.3 is 8.85 Å². The normalized spacial score (nSPS) is 9.14. The average molecular weight is 210 g/mol. The van der Waals surface area contributed by atoms with Gasteiger partial charge in [-0.05, 0) is 12.1 Å². The Balaban J connectivity index is 0.000000255. The van der Waals surface area contributed by atoms with Gasteiger partial charge in [0.2, 0.25) is 0 Å². The maximum atomic E-state index is 4.82. The summed E-state index contributed by atoms with van der Waals surface area (Å²) in [7, 11) is 2.17. The second-order valence-electron chi connectivity index (χ2n) is 2.65. The zero-order chi connectivity index (χ0) is 10.8. The molecule has 14 heavy (non-hydrogen) atoms. The lowest BCUT2D eigenvalue weighted by atomic mass is 10.2. The maximum Gasteiger partial charge on any atom is 0.317 e. The van der Waals surface area contributed by atoms with Crippen LogP contribution in [0.3, 0.4) is 0 Å². The molecule has 2 nitrogen and oxygen atoms in total. The molecule has 0 spiro atoms. The molecule has 0 saturated heterocycles. The van der Waals surface area contributed by atoms with Crippen molar-refractivity contribution in [2.75, 3.05) is 14.2 Å². The summed E-state index contributed by atoms with van der Waals surface area (Å²) >= 11 is 0. The minimum Gasteiger partial charge on any atom is -0.400 e. The minimum atomic E-state index is -1.16. The largest absolute Gasteiger partial charge is 0.400 e. The molecule has 0 aromatic heterocycles. The van der Waals surface area contributed by atoms with Crippen molar-refractivity contribution in [3.63, 3.8) is 0 Å². The van der Waals surface area contributed by atoms with Crippen LogP contribution in [0.4, 0.5) is 0 Å². The molecular formula is C11H18O2Si. The molecule has 0 bridgehead atoms. The second-order valence-corrected chi connectivity index (χ2v) is 4.73. The smallest absolute Gasteiger partial charge is 0.317 e. The van der Waals surface area contributed by atoms with Crippen LogP contribution < -0.4 is 0 Å². The van der Waals surface area contributed by atoms with E-state index < -0.39 is 9.28 Å². The first kappa shape index (κ1) is 13.1. The minimum absolute atomic E-state index is 1.16. The number of benzene rings is 1. The molecule has 0 unspecified atom stereocenters. The van der Waals surface area contributed by atoms with Gasteiger partial charge in [-0.3, -0.25) is 0 Å². The predicted octanol–water partition coefficient (Wildman–Crippen LogP) is 2.46. The van der Waals surface area contributed by atoms with E-state index in [1.54, 1.807) is 14.2 Å². The molecule has 78 valence electrons. The molecule has 0 atom stereocenters. The summed E-state index contributed by atoms with van der Waals surface area (Å²) < 4.78 is 9.63. The summed E-state index contributed by atoms with van der Waals surface area (Å²) in [5.74, 6) is 0. The highest BCUT2D eigenvalue weighted by atomic mass is 28.3.